The van der Waals surface area contributed by atoms with Gasteiger partial charge in [-0.15, -0.1) is 0 Å². The van der Waals surface area contributed by atoms with E-state index in [1.54, 1.807) is 43.5 Å². The number of sulfonamides is 1. The van der Waals surface area contributed by atoms with Gasteiger partial charge in [0.05, 0.1) is 31.9 Å². The fourth-order valence-electron chi connectivity index (χ4n) is 2.15. The van der Waals surface area contributed by atoms with Crippen LogP contribution in [-0.4, -0.2) is 52.7 Å². The van der Waals surface area contributed by atoms with Crippen molar-refractivity contribution < 1.29 is 22.7 Å². The van der Waals surface area contributed by atoms with E-state index in [0.717, 1.165) is 9.87 Å². The number of hydrogen-bond donors (Lipinski definition) is 1. The molecule has 0 bridgehead atoms. The van der Waals surface area contributed by atoms with E-state index in [1.165, 1.54) is 32.5 Å². The Morgan fingerprint density at radius 3 is 2.41 bits per heavy atom. The van der Waals surface area contributed by atoms with E-state index in [9.17, 15) is 13.2 Å². The number of methoxy groups -OCH3 is 2. The number of hydrogen-bond acceptors (Lipinski definition) is 6. The van der Waals surface area contributed by atoms with Gasteiger partial charge in [0.15, 0.2) is 0 Å². The number of hydrazone groups is 1. The summed E-state index contributed by atoms with van der Waals surface area (Å²) in [7, 11) is 0.572. The van der Waals surface area contributed by atoms with E-state index in [4.69, 9.17) is 9.47 Å². The normalized spacial score (nSPS) is 11.6. The Labute approximate surface area is 158 Å². The average Bonchev–Trinajstić information content (AvgIpc) is 2.68. The van der Waals surface area contributed by atoms with Crippen molar-refractivity contribution in [3.63, 3.8) is 0 Å². The van der Waals surface area contributed by atoms with Gasteiger partial charge in [-0.25, -0.2) is 13.8 Å². The van der Waals surface area contributed by atoms with Crippen molar-refractivity contribution in [3.05, 3.63) is 54.1 Å². The topological polar surface area (TPSA) is 97.3 Å². The van der Waals surface area contributed by atoms with Crippen LogP contribution in [0.4, 0.5) is 0 Å². The molecule has 0 atom stereocenters. The molecular formula is C18H21N3O5S. The first kappa shape index (κ1) is 20.4. The second-order valence-corrected chi connectivity index (χ2v) is 7.55. The molecule has 2 aromatic rings. The lowest BCUT2D eigenvalue weighted by molar-refractivity contribution is -0.121. The molecule has 0 aliphatic carbocycles. The Balaban J connectivity index is 1.96. The monoisotopic (exact) mass is 391 g/mol. The highest BCUT2D eigenvalue weighted by atomic mass is 32.2. The number of amides is 1. The lowest BCUT2D eigenvalue weighted by atomic mass is 10.2. The quantitative estimate of drug-likeness (QED) is 0.543. The highest BCUT2D eigenvalue weighted by Crippen LogP contribution is 2.18. The molecule has 2 rings (SSSR count). The number of likely N-dealkylation sites (N-methyl/N-ethyl adjacent to an activating group) is 1. The number of benzene rings is 2. The molecule has 0 aliphatic rings. The summed E-state index contributed by atoms with van der Waals surface area (Å²) in [6, 6.07) is 13.0. The zero-order valence-electron chi connectivity index (χ0n) is 15.2. The van der Waals surface area contributed by atoms with Crippen LogP contribution < -0.4 is 14.9 Å². The maximum atomic E-state index is 12.5. The molecule has 0 fully saturated rings. The highest BCUT2D eigenvalue weighted by Gasteiger charge is 2.22. The van der Waals surface area contributed by atoms with Gasteiger partial charge in [0.1, 0.15) is 11.5 Å². The van der Waals surface area contributed by atoms with Crippen LogP contribution in [0, 0.1) is 0 Å². The van der Waals surface area contributed by atoms with E-state index >= 15 is 0 Å². The molecule has 1 N–H and O–H groups in total. The summed E-state index contributed by atoms with van der Waals surface area (Å²) in [5.74, 6) is 0.644. The second kappa shape index (κ2) is 9.15. The summed E-state index contributed by atoms with van der Waals surface area (Å²) in [6.45, 7) is -0.371. The Morgan fingerprint density at radius 1 is 1.11 bits per heavy atom. The number of rotatable bonds is 8. The van der Waals surface area contributed by atoms with Crippen molar-refractivity contribution in [1.82, 2.24) is 9.73 Å². The molecule has 1 amide bonds. The molecule has 0 unspecified atom stereocenters. The third-order valence-corrected chi connectivity index (χ3v) is 5.45. The van der Waals surface area contributed by atoms with E-state index in [0.29, 0.717) is 11.5 Å². The molecule has 0 radical (unpaired) electrons. The molecule has 0 saturated heterocycles. The minimum atomic E-state index is -3.80. The van der Waals surface area contributed by atoms with Crippen molar-refractivity contribution in [2.75, 3.05) is 27.8 Å². The second-order valence-electron chi connectivity index (χ2n) is 5.51. The number of carbonyl (C=O) groups excluding carboxylic acids is 1. The lowest BCUT2D eigenvalue weighted by Crippen LogP contribution is -2.36. The van der Waals surface area contributed by atoms with Crippen LogP contribution in [0.5, 0.6) is 11.5 Å². The zero-order valence-corrected chi connectivity index (χ0v) is 16.1. The number of nitrogens with one attached hydrogen (secondary N) is 1. The fourth-order valence-corrected chi connectivity index (χ4v) is 3.28. The first-order valence-corrected chi connectivity index (χ1v) is 9.37. The van der Waals surface area contributed by atoms with E-state index < -0.39 is 15.9 Å². The van der Waals surface area contributed by atoms with Crippen molar-refractivity contribution in [2.45, 2.75) is 4.90 Å². The van der Waals surface area contributed by atoms with Gasteiger partial charge in [-0.2, -0.15) is 9.41 Å². The smallest absolute Gasteiger partial charge is 0.255 e. The molecule has 9 heteroatoms. The van der Waals surface area contributed by atoms with E-state index in [1.807, 2.05) is 0 Å². The number of nitrogens with zero attached hydrogens (tertiary/aromatic N) is 2. The van der Waals surface area contributed by atoms with Crippen LogP contribution in [0.15, 0.2) is 58.5 Å². The molecule has 2 aromatic carbocycles. The van der Waals surface area contributed by atoms with Gasteiger partial charge in [0.25, 0.3) is 5.91 Å². The van der Waals surface area contributed by atoms with Gasteiger partial charge in [-0.05, 0) is 42.0 Å². The standard InChI is InChI=1S/C18H21N3O5S/c1-21(27(23,24)17-9-7-15(25-2)8-10-17)13-18(22)20-19-12-14-5-4-6-16(11-14)26-3/h4-12H,13H2,1-3H3,(H,20,22)/b19-12-. The minimum absolute atomic E-state index is 0.0680. The van der Waals surface area contributed by atoms with Gasteiger partial charge in [0.2, 0.25) is 10.0 Å². The van der Waals surface area contributed by atoms with Gasteiger partial charge < -0.3 is 9.47 Å². The van der Waals surface area contributed by atoms with Gasteiger partial charge in [-0.3, -0.25) is 4.79 Å². The van der Waals surface area contributed by atoms with Crippen LogP contribution in [0.1, 0.15) is 5.56 Å². The molecule has 0 heterocycles. The molecule has 27 heavy (non-hydrogen) atoms. The molecule has 0 aromatic heterocycles. The van der Waals surface area contributed by atoms with E-state index in [2.05, 4.69) is 10.5 Å². The fraction of sp³-hybridized carbons (Fsp3) is 0.222. The summed E-state index contributed by atoms with van der Waals surface area (Å²) < 4.78 is 36.0. The minimum Gasteiger partial charge on any atom is -0.497 e. The van der Waals surface area contributed by atoms with Gasteiger partial charge in [-0.1, -0.05) is 12.1 Å². The van der Waals surface area contributed by atoms with Crippen molar-refractivity contribution in [2.24, 2.45) is 5.10 Å². The summed E-state index contributed by atoms with van der Waals surface area (Å²) in [5.41, 5.74) is 3.04. The Morgan fingerprint density at radius 2 is 1.78 bits per heavy atom. The van der Waals surface area contributed by atoms with Crippen molar-refractivity contribution in [3.8, 4) is 11.5 Å². The SMILES string of the molecule is COc1ccc(S(=O)(=O)N(C)CC(=O)N/N=C\c2cccc(OC)c2)cc1. The van der Waals surface area contributed by atoms with Crippen LogP contribution in [-0.2, 0) is 14.8 Å². The summed E-state index contributed by atoms with van der Waals surface area (Å²) in [5, 5.41) is 3.83. The first-order chi connectivity index (χ1) is 12.9. The van der Waals surface area contributed by atoms with Crippen molar-refractivity contribution in [1.29, 1.82) is 0 Å². The maximum absolute atomic E-state index is 12.5. The van der Waals surface area contributed by atoms with Crippen LogP contribution in [0.3, 0.4) is 0 Å². The summed E-state index contributed by atoms with van der Waals surface area (Å²) in [4.78, 5) is 12.0. The number of ether oxygens (including phenoxy) is 2. The van der Waals surface area contributed by atoms with E-state index in [-0.39, 0.29) is 11.4 Å². The molecule has 8 nitrogen and oxygen atoms in total. The van der Waals surface area contributed by atoms with Crippen LogP contribution in [0.2, 0.25) is 0 Å². The molecule has 0 spiro atoms. The third kappa shape index (κ3) is 5.53. The Hall–Kier alpha value is -2.91. The first-order valence-electron chi connectivity index (χ1n) is 7.93. The van der Waals surface area contributed by atoms with Gasteiger partial charge >= 0.3 is 0 Å². The lowest BCUT2D eigenvalue weighted by Gasteiger charge is -2.16. The van der Waals surface area contributed by atoms with Crippen LogP contribution in [0.25, 0.3) is 0 Å². The average molecular weight is 391 g/mol. The predicted octanol–water partition coefficient (Wildman–Crippen LogP) is 1.47. The molecular weight excluding hydrogens is 370 g/mol. The molecule has 0 saturated carbocycles. The van der Waals surface area contributed by atoms with Crippen molar-refractivity contribution >= 4 is 22.1 Å². The summed E-state index contributed by atoms with van der Waals surface area (Å²) in [6.07, 6.45) is 1.44. The molecule has 0 aliphatic heterocycles. The number of carbonyl (C=O) groups is 1. The van der Waals surface area contributed by atoms with Gasteiger partial charge in [0, 0.05) is 7.05 Å². The zero-order chi connectivity index (χ0) is 19.9. The maximum Gasteiger partial charge on any atom is 0.255 e. The largest absolute Gasteiger partial charge is 0.497 e. The third-order valence-electron chi connectivity index (χ3n) is 3.63. The predicted molar refractivity (Wildman–Crippen MR) is 102 cm³/mol. The highest BCUT2D eigenvalue weighted by molar-refractivity contribution is 7.89. The van der Waals surface area contributed by atoms with Crippen LogP contribution >= 0.6 is 0 Å². The Kier molecular flexibility index (Phi) is 6.91. The Bertz CT molecular complexity index is 911. The summed E-state index contributed by atoms with van der Waals surface area (Å²) >= 11 is 0. The molecule has 144 valence electrons.